The van der Waals surface area contributed by atoms with Crippen molar-refractivity contribution in [1.82, 2.24) is 9.88 Å². The minimum absolute atomic E-state index is 0.0969. The lowest BCUT2D eigenvalue weighted by Gasteiger charge is -2.01. The quantitative estimate of drug-likeness (QED) is 0.917. The molecule has 0 aliphatic rings. The van der Waals surface area contributed by atoms with Gasteiger partial charge in [0.15, 0.2) is 5.58 Å². The van der Waals surface area contributed by atoms with Crippen molar-refractivity contribution in [2.45, 2.75) is 6.54 Å². The van der Waals surface area contributed by atoms with Crippen LogP contribution in [0.2, 0.25) is 5.02 Å². The molecule has 0 unspecified atom stereocenters. The van der Waals surface area contributed by atoms with Gasteiger partial charge in [-0.25, -0.2) is 4.79 Å². The van der Waals surface area contributed by atoms with Crippen molar-refractivity contribution in [3.8, 4) is 0 Å². The van der Waals surface area contributed by atoms with Gasteiger partial charge < -0.3 is 9.73 Å². The van der Waals surface area contributed by atoms with Gasteiger partial charge in [-0.15, -0.1) is 0 Å². The first-order chi connectivity index (χ1) is 8.02. The summed E-state index contributed by atoms with van der Waals surface area (Å²) in [4.78, 5) is 22.8. The maximum absolute atomic E-state index is 11.6. The number of aromatic nitrogens is 1. The molecular weight excluding hydrogens is 311 g/mol. The molecule has 1 N–H and O–H groups in total. The Morgan fingerprint density at radius 2 is 2.29 bits per heavy atom. The van der Waals surface area contributed by atoms with Crippen LogP contribution in [0.3, 0.4) is 0 Å². The fourth-order valence-electron chi connectivity index (χ4n) is 1.43. The number of likely N-dealkylation sites (N-methyl/N-ethyl adjacent to an activating group) is 1. The Hall–Kier alpha value is -1.27. The summed E-state index contributed by atoms with van der Waals surface area (Å²) in [5.41, 5.74) is 0.877. The third-order valence-electron chi connectivity index (χ3n) is 2.29. The molecule has 7 heteroatoms. The lowest BCUT2D eigenvalue weighted by Crippen LogP contribution is -2.27. The lowest BCUT2D eigenvalue weighted by atomic mass is 10.3. The smallest absolute Gasteiger partial charge is 0.408 e. The maximum atomic E-state index is 11.6. The molecule has 0 aliphatic heterocycles. The molecule has 1 heterocycles. The first-order valence-electron chi connectivity index (χ1n) is 4.72. The highest BCUT2D eigenvalue weighted by Gasteiger charge is 2.13. The minimum Gasteiger partial charge on any atom is -0.408 e. The Labute approximate surface area is 109 Å². The first kappa shape index (κ1) is 12.2. The number of nitrogens with one attached hydrogen (secondary N) is 1. The van der Waals surface area contributed by atoms with Crippen LogP contribution in [0.15, 0.2) is 25.8 Å². The van der Waals surface area contributed by atoms with E-state index in [-0.39, 0.29) is 12.5 Å². The summed E-state index contributed by atoms with van der Waals surface area (Å²) in [5.74, 6) is -0.869. The highest BCUT2D eigenvalue weighted by molar-refractivity contribution is 9.10. The molecule has 1 aromatic heterocycles. The molecule has 0 fully saturated rings. The van der Waals surface area contributed by atoms with Gasteiger partial charge >= 0.3 is 5.76 Å². The Balaban J connectivity index is 2.62. The first-order valence-corrected chi connectivity index (χ1v) is 5.89. The number of fused-ring (bicyclic) bond motifs is 1. The van der Waals surface area contributed by atoms with Gasteiger partial charge in [0.25, 0.3) is 0 Å². The van der Waals surface area contributed by atoms with E-state index in [1.807, 2.05) is 0 Å². The summed E-state index contributed by atoms with van der Waals surface area (Å²) < 4.78 is 6.88. The summed E-state index contributed by atoms with van der Waals surface area (Å²) in [6.45, 7) is -0.0969. The SMILES string of the molecule is CNC(=O)Cn1c(=O)oc2cc(Br)c(Cl)cc21. The van der Waals surface area contributed by atoms with E-state index in [1.54, 1.807) is 12.1 Å². The number of nitrogens with zero attached hydrogens (tertiary/aromatic N) is 1. The predicted molar refractivity (Wildman–Crippen MR) is 67.3 cm³/mol. The van der Waals surface area contributed by atoms with Gasteiger partial charge in [-0.05, 0) is 28.1 Å². The standard InChI is InChI=1S/C10H8BrClN2O3/c1-13-9(15)4-14-7-3-6(12)5(11)2-8(7)17-10(14)16/h2-3H,4H2,1H3,(H,13,15). The molecule has 1 aromatic carbocycles. The molecule has 0 radical (unpaired) electrons. The number of benzene rings is 1. The molecule has 0 aliphatic carbocycles. The maximum Gasteiger partial charge on any atom is 0.420 e. The fourth-order valence-corrected chi connectivity index (χ4v) is 1.91. The van der Waals surface area contributed by atoms with Gasteiger partial charge in [0, 0.05) is 11.5 Å². The van der Waals surface area contributed by atoms with Crippen molar-refractivity contribution < 1.29 is 9.21 Å². The zero-order chi connectivity index (χ0) is 12.6. The highest BCUT2D eigenvalue weighted by atomic mass is 79.9. The number of carbonyl (C=O) groups is 1. The highest BCUT2D eigenvalue weighted by Crippen LogP contribution is 2.27. The van der Waals surface area contributed by atoms with E-state index in [4.69, 9.17) is 16.0 Å². The molecule has 2 rings (SSSR count). The molecule has 0 atom stereocenters. The largest absolute Gasteiger partial charge is 0.420 e. The van der Waals surface area contributed by atoms with Crippen molar-refractivity contribution in [3.05, 3.63) is 32.2 Å². The van der Waals surface area contributed by atoms with E-state index in [1.165, 1.54) is 11.6 Å². The van der Waals surface area contributed by atoms with Crippen LogP contribution < -0.4 is 11.1 Å². The van der Waals surface area contributed by atoms with Crippen molar-refractivity contribution >= 4 is 44.5 Å². The van der Waals surface area contributed by atoms with Crippen LogP contribution in [0.1, 0.15) is 0 Å². The molecule has 0 bridgehead atoms. The minimum atomic E-state index is -0.585. The van der Waals surface area contributed by atoms with Crippen molar-refractivity contribution in [1.29, 1.82) is 0 Å². The average molecular weight is 320 g/mol. The Bertz CT molecular complexity index is 647. The molecule has 0 saturated carbocycles. The second-order valence-electron chi connectivity index (χ2n) is 3.36. The van der Waals surface area contributed by atoms with Crippen molar-refractivity contribution in [3.63, 3.8) is 0 Å². The summed E-state index contributed by atoms with van der Waals surface area (Å²) in [6, 6.07) is 3.17. The van der Waals surface area contributed by atoms with Crippen molar-refractivity contribution in [2.24, 2.45) is 0 Å². The molecular formula is C10H8BrClN2O3. The van der Waals surface area contributed by atoms with Gasteiger partial charge in [-0.2, -0.15) is 0 Å². The van der Waals surface area contributed by atoms with Gasteiger partial charge in [0.05, 0.1) is 10.5 Å². The van der Waals surface area contributed by atoms with Crippen LogP contribution in [0.4, 0.5) is 0 Å². The van der Waals surface area contributed by atoms with Crippen LogP contribution in [-0.2, 0) is 11.3 Å². The Morgan fingerprint density at radius 1 is 1.59 bits per heavy atom. The Kier molecular flexibility index (Phi) is 3.26. The monoisotopic (exact) mass is 318 g/mol. The van der Waals surface area contributed by atoms with Crippen LogP contribution in [0.5, 0.6) is 0 Å². The van der Waals surface area contributed by atoms with E-state index >= 15 is 0 Å². The number of carbonyl (C=O) groups excluding carboxylic acids is 1. The molecule has 1 amide bonds. The number of hydrogen-bond acceptors (Lipinski definition) is 3. The summed E-state index contributed by atoms with van der Waals surface area (Å²) >= 11 is 9.17. The Morgan fingerprint density at radius 3 is 2.94 bits per heavy atom. The molecule has 0 spiro atoms. The van der Waals surface area contributed by atoms with E-state index in [0.29, 0.717) is 20.6 Å². The lowest BCUT2D eigenvalue weighted by molar-refractivity contribution is -0.121. The molecule has 17 heavy (non-hydrogen) atoms. The van der Waals surface area contributed by atoms with Crippen molar-refractivity contribution in [2.75, 3.05) is 7.05 Å². The normalized spacial score (nSPS) is 10.8. The van der Waals surface area contributed by atoms with Crippen LogP contribution in [0, 0.1) is 0 Å². The van der Waals surface area contributed by atoms with Gasteiger partial charge in [-0.1, -0.05) is 11.6 Å². The van der Waals surface area contributed by atoms with Gasteiger partial charge in [0.1, 0.15) is 6.54 Å². The average Bonchev–Trinajstić information content (AvgIpc) is 2.56. The van der Waals surface area contributed by atoms with E-state index in [9.17, 15) is 9.59 Å². The van der Waals surface area contributed by atoms with E-state index in [2.05, 4.69) is 21.2 Å². The predicted octanol–water partition coefficient (Wildman–Crippen LogP) is 1.76. The van der Waals surface area contributed by atoms with Crippen LogP contribution in [0.25, 0.3) is 11.1 Å². The molecule has 5 nitrogen and oxygen atoms in total. The third-order valence-corrected chi connectivity index (χ3v) is 3.49. The topological polar surface area (TPSA) is 64.2 Å². The second kappa shape index (κ2) is 4.54. The summed E-state index contributed by atoms with van der Waals surface area (Å²) in [6.07, 6.45) is 0. The summed E-state index contributed by atoms with van der Waals surface area (Å²) in [7, 11) is 1.50. The molecule has 90 valence electrons. The van der Waals surface area contributed by atoms with E-state index < -0.39 is 5.76 Å². The van der Waals surface area contributed by atoms with Gasteiger partial charge in [0.2, 0.25) is 5.91 Å². The number of halogens is 2. The number of oxazole rings is 1. The fraction of sp³-hybridized carbons (Fsp3) is 0.200. The van der Waals surface area contributed by atoms with E-state index in [0.717, 1.165) is 0 Å². The van der Waals surface area contributed by atoms with Crippen LogP contribution in [-0.4, -0.2) is 17.5 Å². The van der Waals surface area contributed by atoms with Crippen LogP contribution >= 0.6 is 27.5 Å². The number of amides is 1. The van der Waals surface area contributed by atoms with Gasteiger partial charge in [-0.3, -0.25) is 9.36 Å². The number of rotatable bonds is 2. The zero-order valence-corrected chi connectivity index (χ0v) is 11.1. The third kappa shape index (κ3) is 2.23. The summed E-state index contributed by atoms with van der Waals surface area (Å²) in [5, 5.41) is 2.89. The number of hydrogen-bond donors (Lipinski definition) is 1. The second-order valence-corrected chi connectivity index (χ2v) is 4.62. The molecule has 0 saturated heterocycles. The zero-order valence-electron chi connectivity index (χ0n) is 8.79. The molecule has 2 aromatic rings.